The van der Waals surface area contributed by atoms with Crippen LogP contribution in [-0.2, 0) is 0 Å². The van der Waals surface area contributed by atoms with E-state index in [1.54, 1.807) is 0 Å². The Bertz CT molecular complexity index is 420. The van der Waals surface area contributed by atoms with Crippen molar-refractivity contribution in [1.82, 2.24) is 0 Å². The molecule has 1 aromatic carbocycles. The molecular formula is C10H8F7NO. The van der Waals surface area contributed by atoms with Gasteiger partial charge in [-0.05, 0) is 24.3 Å². The van der Waals surface area contributed by atoms with Gasteiger partial charge in [-0.2, -0.15) is 22.0 Å². The largest absolute Gasteiger partial charge is 0.454 e. The Morgan fingerprint density at radius 1 is 0.895 bits per heavy atom. The SMILES string of the molecule is Nc1ccc(OC(F)C(F)(F)C(F)(F)C(F)F)cc1. The maximum Gasteiger partial charge on any atom is 0.381 e. The minimum Gasteiger partial charge on any atom is -0.454 e. The third-order valence-electron chi connectivity index (χ3n) is 2.12. The highest BCUT2D eigenvalue weighted by atomic mass is 19.3. The molecule has 0 amide bonds. The van der Waals surface area contributed by atoms with Crippen LogP contribution in [0, 0.1) is 0 Å². The lowest BCUT2D eigenvalue weighted by Gasteiger charge is -2.28. The number of rotatable bonds is 5. The summed E-state index contributed by atoms with van der Waals surface area (Å²) in [4.78, 5) is 0. The first-order valence-corrected chi connectivity index (χ1v) is 4.79. The third kappa shape index (κ3) is 3.02. The maximum atomic E-state index is 13.0. The van der Waals surface area contributed by atoms with Crippen LogP contribution in [-0.4, -0.2) is 24.6 Å². The molecule has 2 nitrogen and oxygen atoms in total. The first-order valence-electron chi connectivity index (χ1n) is 4.79. The molecule has 0 radical (unpaired) electrons. The van der Waals surface area contributed by atoms with E-state index in [2.05, 4.69) is 4.74 Å². The molecular weight excluding hydrogens is 283 g/mol. The van der Waals surface area contributed by atoms with Crippen LogP contribution in [0.15, 0.2) is 24.3 Å². The number of nitrogen functional groups attached to an aromatic ring is 1. The maximum absolute atomic E-state index is 13.0. The molecule has 1 atom stereocenters. The first kappa shape index (κ1) is 15.4. The van der Waals surface area contributed by atoms with E-state index in [-0.39, 0.29) is 5.69 Å². The van der Waals surface area contributed by atoms with Crippen LogP contribution >= 0.6 is 0 Å². The van der Waals surface area contributed by atoms with Gasteiger partial charge in [0, 0.05) is 5.69 Å². The van der Waals surface area contributed by atoms with Gasteiger partial charge in [0.05, 0.1) is 0 Å². The minimum absolute atomic E-state index is 0.187. The Labute approximate surface area is 103 Å². The second kappa shape index (κ2) is 5.14. The van der Waals surface area contributed by atoms with Crippen molar-refractivity contribution < 1.29 is 35.5 Å². The van der Waals surface area contributed by atoms with Gasteiger partial charge in [0.2, 0.25) is 0 Å². The van der Waals surface area contributed by atoms with Gasteiger partial charge >= 0.3 is 24.6 Å². The van der Waals surface area contributed by atoms with Gasteiger partial charge in [0.15, 0.2) is 0 Å². The molecule has 0 bridgehead atoms. The number of ether oxygens (including phenoxy) is 1. The van der Waals surface area contributed by atoms with Gasteiger partial charge in [-0.1, -0.05) is 0 Å². The van der Waals surface area contributed by atoms with Crippen molar-refractivity contribution in [1.29, 1.82) is 0 Å². The molecule has 108 valence electrons. The molecule has 0 saturated heterocycles. The summed E-state index contributed by atoms with van der Waals surface area (Å²) < 4.78 is 91.2. The highest BCUT2D eigenvalue weighted by molar-refractivity contribution is 5.41. The van der Waals surface area contributed by atoms with E-state index in [1.807, 2.05) is 0 Å². The molecule has 9 heteroatoms. The predicted octanol–water partition coefficient (Wildman–Crippen LogP) is 3.48. The predicted molar refractivity (Wildman–Crippen MR) is 52.3 cm³/mol. The van der Waals surface area contributed by atoms with E-state index in [0.717, 1.165) is 24.3 Å². The van der Waals surface area contributed by atoms with Crippen LogP contribution in [0.25, 0.3) is 0 Å². The Morgan fingerprint density at radius 3 is 1.79 bits per heavy atom. The van der Waals surface area contributed by atoms with Gasteiger partial charge in [-0.3, -0.25) is 0 Å². The van der Waals surface area contributed by atoms with Crippen LogP contribution in [0.4, 0.5) is 36.4 Å². The summed E-state index contributed by atoms with van der Waals surface area (Å²) in [7, 11) is 0. The summed E-state index contributed by atoms with van der Waals surface area (Å²) in [5, 5.41) is 0. The van der Waals surface area contributed by atoms with E-state index in [9.17, 15) is 30.7 Å². The highest BCUT2D eigenvalue weighted by Crippen LogP contribution is 2.43. The average Bonchev–Trinajstić information content (AvgIpc) is 2.31. The summed E-state index contributed by atoms with van der Waals surface area (Å²) >= 11 is 0. The monoisotopic (exact) mass is 291 g/mol. The van der Waals surface area contributed by atoms with Gasteiger partial charge in [-0.15, -0.1) is 0 Å². The van der Waals surface area contributed by atoms with Crippen LogP contribution in [0.3, 0.4) is 0 Å². The van der Waals surface area contributed by atoms with Gasteiger partial charge in [-0.25, -0.2) is 8.78 Å². The molecule has 2 N–H and O–H groups in total. The molecule has 0 fully saturated rings. The van der Waals surface area contributed by atoms with Crippen molar-refractivity contribution in [2.24, 2.45) is 0 Å². The van der Waals surface area contributed by atoms with E-state index in [1.165, 1.54) is 0 Å². The Balaban J connectivity index is 2.87. The van der Waals surface area contributed by atoms with E-state index in [0.29, 0.717) is 0 Å². The molecule has 0 saturated carbocycles. The number of nitrogens with two attached hydrogens (primary N) is 1. The number of hydrogen-bond donors (Lipinski definition) is 1. The minimum atomic E-state index is -5.85. The number of anilines is 1. The van der Waals surface area contributed by atoms with Crippen molar-refractivity contribution >= 4 is 5.69 Å². The van der Waals surface area contributed by atoms with Crippen molar-refractivity contribution in [2.45, 2.75) is 24.6 Å². The number of benzene rings is 1. The standard InChI is InChI=1S/C10H8F7NO/c11-7(12)9(14,15)10(16,17)8(13)19-6-3-1-5(18)2-4-6/h1-4,7-8H,18H2. The van der Waals surface area contributed by atoms with Gasteiger partial charge in [0.25, 0.3) is 0 Å². The van der Waals surface area contributed by atoms with Crippen LogP contribution in [0.5, 0.6) is 5.75 Å². The Hall–Kier alpha value is -1.67. The summed E-state index contributed by atoms with van der Waals surface area (Å²) in [5.41, 5.74) is 5.42. The van der Waals surface area contributed by atoms with E-state index >= 15 is 0 Å². The van der Waals surface area contributed by atoms with Crippen LogP contribution in [0.1, 0.15) is 0 Å². The van der Waals surface area contributed by atoms with Crippen molar-refractivity contribution in [3.63, 3.8) is 0 Å². The van der Waals surface area contributed by atoms with E-state index in [4.69, 9.17) is 5.73 Å². The van der Waals surface area contributed by atoms with Crippen molar-refractivity contribution in [3.8, 4) is 5.75 Å². The van der Waals surface area contributed by atoms with Gasteiger partial charge < -0.3 is 10.5 Å². The molecule has 0 aliphatic rings. The number of halogens is 7. The quantitative estimate of drug-likeness (QED) is 0.666. The molecule has 1 rings (SSSR count). The zero-order valence-electron chi connectivity index (χ0n) is 9.10. The summed E-state index contributed by atoms with van der Waals surface area (Å²) in [6.45, 7) is 0. The molecule has 0 heterocycles. The molecule has 0 aliphatic heterocycles. The fourth-order valence-corrected chi connectivity index (χ4v) is 1.04. The molecule has 0 aliphatic carbocycles. The lowest BCUT2D eigenvalue weighted by atomic mass is 10.2. The third-order valence-corrected chi connectivity index (χ3v) is 2.12. The summed E-state index contributed by atoms with van der Waals surface area (Å²) in [6.07, 6.45) is -8.66. The Morgan fingerprint density at radius 2 is 1.37 bits per heavy atom. The molecule has 0 aromatic heterocycles. The highest BCUT2D eigenvalue weighted by Gasteiger charge is 2.68. The van der Waals surface area contributed by atoms with Crippen molar-refractivity contribution in [3.05, 3.63) is 24.3 Å². The van der Waals surface area contributed by atoms with E-state index < -0.39 is 30.4 Å². The summed E-state index contributed by atoms with van der Waals surface area (Å²) in [6, 6.07) is 4.12. The second-order valence-electron chi connectivity index (χ2n) is 3.55. The average molecular weight is 291 g/mol. The lowest BCUT2D eigenvalue weighted by molar-refractivity contribution is -0.311. The molecule has 19 heavy (non-hydrogen) atoms. The smallest absolute Gasteiger partial charge is 0.381 e. The fraction of sp³-hybridized carbons (Fsp3) is 0.400. The van der Waals surface area contributed by atoms with Crippen molar-refractivity contribution in [2.75, 3.05) is 5.73 Å². The second-order valence-corrected chi connectivity index (χ2v) is 3.55. The zero-order valence-corrected chi connectivity index (χ0v) is 9.10. The topological polar surface area (TPSA) is 35.2 Å². The number of alkyl halides is 7. The fourth-order valence-electron chi connectivity index (χ4n) is 1.04. The summed E-state index contributed by atoms with van der Waals surface area (Å²) in [5.74, 6) is -12.1. The number of hydrogen-bond acceptors (Lipinski definition) is 2. The lowest BCUT2D eigenvalue weighted by Crippen LogP contribution is -2.54. The zero-order chi connectivity index (χ0) is 14.8. The molecule has 0 spiro atoms. The van der Waals surface area contributed by atoms with Crippen LogP contribution in [0.2, 0.25) is 0 Å². The van der Waals surface area contributed by atoms with Crippen LogP contribution < -0.4 is 10.5 Å². The normalized spacial score (nSPS) is 14.5. The molecule has 1 unspecified atom stereocenters. The first-order chi connectivity index (χ1) is 8.59. The molecule has 1 aromatic rings. The van der Waals surface area contributed by atoms with Gasteiger partial charge in [0.1, 0.15) is 5.75 Å². The Kier molecular flexibility index (Phi) is 4.16.